The first-order valence-electron chi connectivity index (χ1n) is 16.9. The summed E-state index contributed by atoms with van der Waals surface area (Å²) in [5, 5.41) is 9.45. The number of hydrogen-bond donors (Lipinski definition) is 1. The predicted octanol–water partition coefficient (Wildman–Crippen LogP) is 9.95. The molecule has 5 heteroatoms. The van der Waals surface area contributed by atoms with Crippen LogP contribution < -0.4 is 0 Å². The van der Waals surface area contributed by atoms with E-state index in [0.717, 1.165) is 44.9 Å². The fourth-order valence-corrected chi connectivity index (χ4v) is 4.64. The maximum atomic E-state index is 12.0. The van der Waals surface area contributed by atoms with Gasteiger partial charge in [-0.05, 0) is 44.9 Å². The molecule has 0 aliphatic rings. The lowest BCUT2D eigenvalue weighted by atomic mass is 10.1. The number of aliphatic hydroxyl groups excluding tert-OH is 1. The molecule has 0 saturated carbocycles. The Morgan fingerprint density at radius 1 is 0.575 bits per heavy atom. The standard InChI is InChI=1S/C35H64O5/c1-3-5-7-9-11-12-13-14-15-16-17-18-19-20-21-22-24-25-27-29-34(37)39-32-33(31-36)40-35(38)30-28-26-23-10-8-6-4-2/h11-12,14-15,33,36H,3-10,13,16-32H2,1-2H3/b12-11+,15-14+/t33-/m0/s1. The van der Waals surface area contributed by atoms with Crippen molar-refractivity contribution in [2.75, 3.05) is 13.2 Å². The van der Waals surface area contributed by atoms with Gasteiger partial charge in [0.05, 0.1) is 6.61 Å². The highest BCUT2D eigenvalue weighted by molar-refractivity contribution is 5.70. The van der Waals surface area contributed by atoms with E-state index in [1.807, 2.05) is 0 Å². The normalized spacial score (nSPS) is 12.4. The molecule has 0 aromatic carbocycles. The van der Waals surface area contributed by atoms with E-state index in [1.54, 1.807) is 0 Å². The van der Waals surface area contributed by atoms with E-state index in [-0.39, 0.29) is 25.2 Å². The maximum Gasteiger partial charge on any atom is 0.306 e. The van der Waals surface area contributed by atoms with Crippen LogP contribution in [0.4, 0.5) is 0 Å². The third-order valence-corrected chi connectivity index (χ3v) is 7.25. The molecule has 0 aliphatic carbocycles. The van der Waals surface area contributed by atoms with Gasteiger partial charge in [-0.15, -0.1) is 0 Å². The zero-order chi connectivity index (χ0) is 29.4. The van der Waals surface area contributed by atoms with Crippen molar-refractivity contribution in [1.82, 2.24) is 0 Å². The van der Waals surface area contributed by atoms with E-state index in [1.165, 1.54) is 96.3 Å². The Kier molecular flexibility index (Phi) is 30.6. The van der Waals surface area contributed by atoms with Crippen molar-refractivity contribution in [3.05, 3.63) is 24.3 Å². The minimum absolute atomic E-state index is 0.0654. The molecule has 0 aromatic heterocycles. The molecule has 0 bridgehead atoms. The van der Waals surface area contributed by atoms with Crippen molar-refractivity contribution in [2.24, 2.45) is 0 Å². The lowest BCUT2D eigenvalue weighted by Crippen LogP contribution is -2.28. The Morgan fingerprint density at radius 2 is 1.00 bits per heavy atom. The zero-order valence-electron chi connectivity index (χ0n) is 26.4. The molecule has 0 spiro atoms. The van der Waals surface area contributed by atoms with E-state index in [0.29, 0.717) is 12.8 Å². The fraction of sp³-hybridized carbons (Fsp3) is 0.829. The van der Waals surface area contributed by atoms with E-state index in [4.69, 9.17) is 9.47 Å². The van der Waals surface area contributed by atoms with Crippen LogP contribution in [-0.2, 0) is 19.1 Å². The van der Waals surface area contributed by atoms with Crippen molar-refractivity contribution in [3.8, 4) is 0 Å². The number of hydrogen-bond acceptors (Lipinski definition) is 5. The molecule has 0 fully saturated rings. The molecule has 0 aromatic rings. The molecule has 0 amide bonds. The molecular formula is C35H64O5. The van der Waals surface area contributed by atoms with E-state index in [9.17, 15) is 14.7 Å². The number of ether oxygens (including phenoxy) is 2. The van der Waals surface area contributed by atoms with Gasteiger partial charge in [0.2, 0.25) is 0 Å². The molecule has 40 heavy (non-hydrogen) atoms. The summed E-state index contributed by atoms with van der Waals surface area (Å²) in [6.45, 7) is 4.05. The summed E-state index contributed by atoms with van der Waals surface area (Å²) in [7, 11) is 0. The SMILES string of the molecule is CCCCC/C=C/C/C=C/CCCCCCCCCCCC(=O)OC[C@H](CO)OC(=O)CCCCCCCCC. The fourth-order valence-electron chi connectivity index (χ4n) is 4.64. The monoisotopic (exact) mass is 564 g/mol. The Labute approximate surface area is 247 Å². The second-order valence-electron chi connectivity index (χ2n) is 11.2. The van der Waals surface area contributed by atoms with Gasteiger partial charge in [0, 0.05) is 12.8 Å². The van der Waals surface area contributed by atoms with Gasteiger partial charge >= 0.3 is 11.9 Å². The average molecular weight is 565 g/mol. The summed E-state index contributed by atoms with van der Waals surface area (Å²) in [5.41, 5.74) is 0. The number of esters is 2. The van der Waals surface area contributed by atoms with Gasteiger partial charge in [0.15, 0.2) is 6.10 Å². The van der Waals surface area contributed by atoms with Crippen LogP contribution in [0, 0.1) is 0 Å². The molecule has 0 heterocycles. The van der Waals surface area contributed by atoms with Gasteiger partial charge in [0.25, 0.3) is 0 Å². The molecule has 0 unspecified atom stereocenters. The summed E-state index contributed by atoms with van der Waals surface area (Å²) in [6, 6.07) is 0. The largest absolute Gasteiger partial charge is 0.462 e. The van der Waals surface area contributed by atoms with Gasteiger partial charge < -0.3 is 14.6 Å². The van der Waals surface area contributed by atoms with Gasteiger partial charge in [-0.2, -0.15) is 0 Å². The second-order valence-corrected chi connectivity index (χ2v) is 11.2. The van der Waals surface area contributed by atoms with Gasteiger partial charge in [-0.1, -0.05) is 134 Å². The first-order chi connectivity index (χ1) is 19.6. The average Bonchev–Trinajstić information content (AvgIpc) is 2.95. The van der Waals surface area contributed by atoms with Gasteiger partial charge in [0.1, 0.15) is 6.61 Å². The van der Waals surface area contributed by atoms with Crippen LogP contribution in [-0.4, -0.2) is 36.4 Å². The smallest absolute Gasteiger partial charge is 0.306 e. The maximum absolute atomic E-state index is 12.0. The highest BCUT2D eigenvalue weighted by Crippen LogP contribution is 2.13. The highest BCUT2D eigenvalue weighted by Gasteiger charge is 2.16. The number of rotatable bonds is 30. The highest BCUT2D eigenvalue weighted by atomic mass is 16.6. The van der Waals surface area contributed by atoms with Crippen LogP contribution >= 0.6 is 0 Å². The topological polar surface area (TPSA) is 72.8 Å². The lowest BCUT2D eigenvalue weighted by molar-refractivity contribution is -0.161. The van der Waals surface area contributed by atoms with E-state index >= 15 is 0 Å². The van der Waals surface area contributed by atoms with Crippen molar-refractivity contribution >= 4 is 11.9 Å². The lowest BCUT2D eigenvalue weighted by Gasteiger charge is -2.15. The number of unbranched alkanes of at least 4 members (excludes halogenated alkanes) is 18. The molecule has 0 saturated heterocycles. The summed E-state index contributed by atoms with van der Waals surface area (Å²) in [5.74, 6) is -0.601. The number of allylic oxidation sites excluding steroid dienone is 4. The summed E-state index contributed by atoms with van der Waals surface area (Å²) < 4.78 is 10.5. The molecule has 1 N–H and O–H groups in total. The zero-order valence-corrected chi connectivity index (χ0v) is 26.4. The minimum Gasteiger partial charge on any atom is -0.462 e. The molecule has 5 nitrogen and oxygen atoms in total. The second kappa shape index (κ2) is 31.9. The van der Waals surface area contributed by atoms with E-state index in [2.05, 4.69) is 38.2 Å². The van der Waals surface area contributed by atoms with Crippen LogP contribution in [0.1, 0.15) is 168 Å². The Morgan fingerprint density at radius 3 is 1.52 bits per heavy atom. The molecule has 0 aliphatic heterocycles. The Balaban J connectivity index is 3.52. The molecular weight excluding hydrogens is 500 g/mol. The third-order valence-electron chi connectivity index (χ3n) is 7.25. The summed E-state index contributed by atoms with van der Waals surface area (Å²) >= 11 is 0. The number of carbonyl (C=O) groups excluding carboxylic acids is 2. The third kappa shape index (κ3) is 29.4. The van der Waals surface area contributed by atoms with Crippen LogP contribution in [0.3, 0.4) is 0 Å². The molecule has 234 valence electrons. The first kappa shape index (κ1) is 38.4. The Bertz CT molecular complexity index is 613. The first-order valence-corrected chi connectivity index (χ1v) is 16.9. The van der Waals surface area contributed by atoms with Crippen molar-refractivity contribution < 1.29 is 24.2 Å². The molecule has 0 radical (unpaired) electrons. The molecule has 1 atom stereocenters. The van der Waals surface area contributed by atoms with Crippen LogP contribution in [0.15, 0.2) is 24.3 Å². The Hall–Kier alpha value is -1.62. The quantitative estimate of drug-likeness (QED) is 0.0534. The van der Waals surface area contributed by atoms with Gasteiger partial charge in [-0.25, -0.2) is 0 Å². The number of aliphatic hydroxyl groups is 1. The predicted molar refractivity (Wildman–Crippen MR) is 168 cm³/mol. The van der Waals surface area contributed by atoms with Crippen molar-refractivity contribution in [1.29, 1.82) is 0 Å². The van der Waals surface area contributed by atoms with Gasteiger partial charge in [-0.3, -0.25) is 9.59 Å². The summed E-state index contributed by atoms with van der Waals surface area (Å²) in [6.07, 6.45) is 35.3. The van der Waals surface area contributed by atoms with Crippen molar-refractivity contribution in [3.63, 3.8) is 0 Å². The summed E-state index contributed by atoms with van der Waals surface area (Å²) in [4.78, 5) is 24.0. The van der Waals surface area contributed by atoms with Crippen LogP contribution in [0.25, 0.3) is 0 Å². The molecule has 0 rings (SSSR count). The van der Waals surface area contributed by atoms with Crippen molar-refractivity contribution in [2.45, 2.75) is 174 Å². The minimum atomic E-state index is -0.765. The van der Waals surface area contributed by atoms with E-state index < -0.39 is 6.10 Å². The van der Waals surface area contributed by atoms with Crippen LogP contribution in [0.2, 0.25) is 0 Å². The van der Waals surface area contributed by atoms with Crippen LogP contribution in [0.5, 0.6) is 0 Å². The number of carbonyl (C=O) groups is 2.